The summed E-state index contributed by atoms with van der Waals surface area (Å²) in [5.74, 6) is 0.623. The molecule has 3 aromatic carbocycles. The minimum absolute atomic E-state index is 0.0354. The van der Waals surface area contributed by atoms with E-state index in [4.69, 9.17) is 18.9 Å². The highest BCUT2D eigenvalue weighted by molar-refractivity contribution is 6.45. The van der Waals surface area contributed by atoms with Crippen LogP contribution < -0.4 is 24.3 Å². The molecule has 0 aliphatic carbocycles. The quantitative estimate of drug-likeness (QED) is 0.306. The van der Waals surface area contributed by atoms with Crippen molar-refractivity contribution in [2.45, 2.75) is 32.5 Å². The number of fused-ring (bicyclic) bond motifs is 3. The molecular formula is C33H38FN3O5. The van der Waals surface area contributed by atoms with Gasteiger partial charge in [-0.1, -0.05) is 24.3 Å². The van der Waals surface area contributed by atoms with Gasteiger partial charge in [0.15, 0.2) is 17.3 Å². The maximum atomic E-state index is 15.7. The fourth-order valence-corrected chi connectivity index (χ4v) is 5.59. The minimum atomic E-state index is -0.641. The van der Waals surface area contributed by atoms with Gasteiger partial charge in [-0.25, -0.2) is 4.39 Å². The van der Waals surface area contributed by atoms with Gasteiger partial charge >= 0.3 is 0 Å². The number of ether oxygens (including phenoxy) is 4. The predicted octanol–water partition coefficient (Wildman–Crippen LogP) is 5.02. The zero-order valence-electron chi connectivity index (χ0n) is 24.5. The van der Waals surface area contributed by atoms with Crippen LogP contribution >= 0.6 is 0 Å². The Balaban J connectivity index is 1.36. The molecule has 222 valence electrons. The van der Waals surface area contributed by atoms with Gasteiger partial charge in [0, 0.05) is 19.2 Å². The number of benzene rings is 3. The third-order valence-electron chi connectivity index (χ3n) is 8.32. The summed E-state index contributed by atoms with van der Waals surface area (Å²) < 4.78 is 38.2. The SMILES string of the molecule is C/N=C(\C(=O)NCC12CCN(CC1)CC2)c1cc(F)c(OCc2ccc(OC)cc2)c(OCc2ccc(OC)cc2)c1. The Morgan fingerprint density at radius 1 is 0.881 bits per heavy atom. The highest BCUT2D eigenvalue weighted by Gasteiger charge is 2.39. The molecule has 1 N–H and O–H groups in total. The Morgan fingerprint density at radius 3 is 1.95 bits per heavy atom. The van der Waals surface area contributed by atoms with Crippen LogP contribution in [-0.4, -0.2) is 64.0 Å². The monoisotopic (exact) mass is 575 g/mol. The lowest BCUT2D eigenvalue weighted by Gasteiger charge is -2.48. The second-order valence-electron chi connectivity index (χ2n) is 10.9. The maximum Gasteiger partial charge on any atom is 0.270 e. The van der Waals surface area contributed by atoms with E-state index in [1.165, 1.54) is 13.1 Å². The van der Waals surface area contributed by atoms with Gasteiger partial charge in [0.2, 0.25) is 0 Å². The number of hydrogen-bond donors (Lipinski definition) is 1. The van der Waals surface area contributed by atoms with Crippen LogP contribution in [0.2, 0.25) is 0 Å². The molecule has 1 amide bonds. The molecule has 3 aliphatic rings. The van der Waals surface area contributed by atoms with Gasteiger partial charge in [-0.2, -0.15) is 0 Å². The highest BCUT2D eigenvalue weighted by atomic mass is 19.1. The molecule has 0 aromatic heterocycles. The van der Waals surface area contributed by atoms with Crippen LogP contribution in [0.3, 0.4) is 0 Å². The van der Waals surface area contributed by atoms with Crippen LogP contribution in [0.5, 0.6) is 23.0 Å². The Morgan fingerprint density at radius 2 is 1.43 bits per heavy atom. The number of nitrogens with one attached hydrogen (secondary N) is 1. The van der Waals surface area contributed by atoms with Crippen LogP contribution in [0.15, 0.2) is 65.7 Å². The van der Waals surface area contributed by atoms with E-state index in [0.717, 1.165) is 61.5 Å². The van der Waals surface area contributed by atoms with Crippen molar-refractivity contribution in [1.29, 1.82) is 0 Å². The smallest absolute Gasteiger partial charge is 0.270 e. The van der Waals surface area contributed by atoms with E-state index < -0.39 is 5.82 Å². The first kappa shape index (κ1) is 29.4. The summed E-state index contributed by atoms with van der Waals surface area (Å²) in [4.78, 5) is 20.0. The lowest BCUT2D eigenvalue weighted by Crippen LogP contribution is -2.53. The van der Waals surface area contributed by atoms with E-state index >= 15 is 4.39 Å². The Kier molecular flexibility index (Phi) is 9.27. The van der Waals surface area contributed by atoms with E-state index in [9.17, 15) is 4.79 Å². The normalized spacial score (nSPS) is 19.7. The number of nitrogens with zero attached hydrogens (tertiary/aromatic N) is 2. The molecule has 9 heteroatoms. The maximum absolute atomic E-state index is 15.7. The van der Waals surface area contributed by atoms with Gasteiger partial charge in [0.05, 0.1) is 14.2 Å². The van der Waals surface area contributed by atoms with Gasteiger partial charge in [-0.3, -0.25) is 9.79 Å². The molecule has 0 unspecified atom stereocenters. The zero-order valence-corrected chi connectivity index (χ0v) is 24.5. The van der Waals surface area contributed by atoms with Crippen molar-refractivity contribution < 1.29 is 28.1 Å². The van der Waals surface area contributed by atoms with E-state index in [1.54, 1.807) is 20.3 Å². The first-order valence-corrected chi connectivity index (χ1v) is 14.2. The molecule has 0 radical (unpaired) electrons. The van der Waals surface area contributed by atoms with Crippen LogP contribution in [0, 0.1) is 11.2 Å². The van der Waals surface area contributed by atoms with Crippen LogP contribution in [0.25, 0.3) is 0 Å². The molecule has 2 bridgehead atoms. The van der Waals surface area contributed by atoms with Crippen molar-refractivity contribution in [3.05, 3.63) is 83.2 Å². The average Bonchev–Trinajstić information content (AvgIpc) is 3.04. The van der Waals surface area contributed by atoms with Gasteiger partial charge in [0.1, 0.15) is 30.4 Å². The van der Waals surface area contributed by atoms with Crippen molar-refractivity contribution in [1.82, 2.24) is 10.2 Å². The van der Waals surface area contributed by atoms with Gasteiger partial charge in [0.25, 0.3) is 5.91 Å². The van der Waals surface area contributed by atoms with Crippen LogP contribution in [-0.2, 0) is 18.0 Å². The van der Waals surface area contributed by atoms with E-state index in [2.05, 4.69) is 15.2 Å². The van der Waals surface area contributed by atoms with E-state index in [1.807, 2.05) is 48.5 Å². The molecule has 0 spiro atoms. The Bertz CT molecular complexity index is 1390. The van der Waals surface area contributed by atoms with Crippen LogP contribution in [0.4, 0.5) is 4.39 Å². The Labute approximate surface area is 246 Å². The van der Waals surface area contributed by atoms with Crippen molar-refractivity contribution >= 4 is 11.6 Å². The number of halogens is 1. The van der Waals surface area contributed by atoms with Gasteiger partial charge in [-0.15, -0.1) is 0 Å². The van der Waals surface area contributed by atoms with E-state index in [-0.39, 0.29) is 41.7 Å². The molecule has 3 aromatic rings. The molecule has 0 saturated carbocycles. The molecule has 42 heavy (non-hydrogen) atoms. The summed E-state index contributed by atoms with van der Waals surface area (Å²) in [6.45, 7) is 4.09. The fraction of sp³-hybridized carbons (Fsp3) is 0.394. The summed E-state index contributed by atoms with van der Waals surface area (Å²) >= 11 is 0. The number of aliphatic imine (C=N–C) groups is 1. The second-order valence-corrected chi connectivity index (χ2v) is 10.9. The first-order chi connectivity index (χ1) is 20.4. The number of amides is 1. The fourth-order valence-electron chi connectivity index (χ4n) is 5.59. The van der Waals surface area contributed by atoms with Crippen molar-refractivity contribution in [3.8, 4) is 23.0 Å². The van der Waals surface area contributed by atoms with Gasteiger partial charge < -0.3 is 29.2 Å². The number of hydrogen-bond acceptors (Lipinski definition) is 7. The molecule has 0 atom stereocenters. The number of carbonyl (C=O) groups is 1. The van der Waals surface area contributed by atoms with Crippen molar-refractivity contribution in [2.75, 3.05) is 47.4 Å². The van der Waals surface area contributed by atoms with Crippen LogP contribution in [0.1, 0.15) is 36.0 Å². The lowest BCUT2D eigenvalue weighted by molar-refractivity contribution is -0.115. The molecule has 3 fully saturated rings. The van der Waals surface area contributed by atoms with Crippen molar-refractivity contribution in [3.63, 3.8) is 0 Å². The number of carbonyl (C=O) groups excluding carboxylic acids is 1. The molecule has 3 aliphatic heterocycles. The standard InChI is InChI=1S/C33H38FN3O5/c1-35-30(32(38)36-22-33-12-15-37(16-13-33)17-14-33)25-18-28(34)31(42-21-24-6-10-27(40-3)11-7-24)29(19-25)41-20-23-4-8-26(39-2)9-5-23/h4-11,18-19H,12-17,20-22H2,1-3H3,(H,36,38)/b35-30-. The summed E-state index contributed by atoms with van der Waals surface area (Å²) in [5, 5.41) is 3.09. The van der Waals surface area contributed by atoms with Gasteiger partial charge in [-0.05, 0) is 91.8 Å². The number of piperidine rings is 3. The third-order valence-corrected chi connectivity index (χ3v) is 8.32. The molecule has 6 rings (SSSR count). The summed E-state index contributed by atoms with van der Waals surface area (Å²) in [7, 11) is 4.74. The largest absolute Gasteiger partial charge is 0.497 e. The zero-order chi connectivity index (χ0) is 29.5. The first-order valence-electron chi connectivity index (χ1n) is 14.2. The van der Waals surface area contributed by atoms with E-state index in [0.29, 0.717) is 12.1 Å². The highest BCUT2D eigenvalue weighted by Crippen LogP contribution is 2.39. The average molecular weight is 576 g/mol. The molecule has 8 nitrogen and oxygen atoms in total. The van der Waals surface area contributed by atoms with Crippen molar-refractivity contribution in [2.24, 2.45) is 10.4 Å². The number of methoxy groups -OCH3 is 2. The summed E-state index contributed by atoms with van der Waals surface area (Å²) in [5.41, 5.74) is 2.30. The topological polar surface area (TPSA) is 81.6 Å². The summed E-state index contributed by atoms with van der Waals surface area (Å²) in [6, 6.07) is 17.7. The second kappa shape index (κ2) is 13.2. The minimum Gasteiger partial charge on any atom is -0.497 e. The predicted molar refractivity (Wildman–Crippen MR) is 159 cm³/mol. The number of rotatable bonds is 12. The third kappa shape index (κ3) is 6.85. The molecular weight excluding hydrogens is 537 g/mol. The molecule has 3 saturated heterocycles. The lowest BCUT2D eigenvalue weighted by atomic mass is 9.72. The Hall–Kier alpha value is -4.11. The molecule has 3 heterocycles. The summed E-state index contributed by atoms with van der Waals surface area (Å²) in [6.07, 6.45) is 3.22.